The Balaban J connectivity index is 1.32. The number of likely N-dealkylation sites (N-methyl/N-ethyl adjacent to an activating group) is 1. The lowest BCUT2D eigenvalue weighted by atomic mass is 10.1. The van der Waals surface area contributed by atoms with Crippen molar-refractivity contribution in [2.24, 2.45) is 0 Å². The molecule has 0 saturated carbocycles. The van der Waals surface area contributed by atoms with Gasteiger partial charge in [-0.15, -0.1) is 0 Å². The van der Waals surface area contributed by atoms with Gasteiger partial charge in [0.1, 0.15) is 5.82 Å². The fraction of sp³-hybridized carbons (Fsp3) is 0.364. The molecule has 1 fully saturated rings. The molecule has 2 aromatic heterocycles. The monoisotopic (exact) mass is 583 g/mol. The van der Waals surface area contributed by atoms with Gasteiger partial charge in [-0.05, 0) is 75.0 Å². The van der Waals surface area contributed by atoms with E-state index in [1.54, 1.807) is 31.1 Å². The molecule has 2 atom stereocenters. The summed E-state index contributed by atoms with van der Waals surface area (Å²) in [7, 11) is 3.28. The van der Waals surface area contributed by atoms with E-state index in [4.69, 9.17) is 4.74 Å². The number of nitrogens with one attached hydrogen (secondary N) is 2. The molecule has 1 saturated heterocycles. The fourth-order valence-electron chi connectivity index (χ4n) is 6.04. The van der Waals surface area contributed by atoms with Crippen molar-refractivity contribution in [1.29, 1.82) is 0 Å². The van der Waals surface area contributed by atoms with Crippen LogP contribution in [0.1, 0.15) is 31.1 Å². The average Bonchev–Trinajstić information content (AvgIpc) is 3.44. The molecule has 0 bridgehead atoms. The van der Waals surface area contributed by atoms with Crippen molar-refractivity contribution in [3.05, 3.63) is 78.6 Å². The standard InChI is InChI=1S/C33H41N7O3/c1-6-38-23(2)21-37(22-24(38)3)27-9-7-25(8-10-27)32(41)36-31-20-29(13-15-35-31)39(17-18-43-5)28-11-12-30-26(19-28)14-16-40(30)33(42)34-4/h7-16,19-20,23-24H,6,17-18,21-22H2,1-5H3,(H,34,42)(H,35,36,41)/t23-,24+. The second kappa shape index (κ2) is 13.3. The molecule has 43 heavy (non-hydrogen) atoms. The molecule has 1 aliphatic heterocycles. The molecular weight excluding hydrogens is 542 g/mol. The van der Waals surface area contributed by atoms with Gasteiger partial charge < -0.3 is 25.2 Å². The molecule has 1 aliphatic rings. The summed E-state index contributed by atoms with van der Waals surface area (Å²) in [5.41, 5.74) is 4.31. The molecule has 226 valence electrons. The van der Waals surface area contributed by atoms with E-state index in [-0.39, 0.29) is 11.9 Å². The molecule has 0 aliphatic carbocycles. The molecule has 0 radical (unpaired) electrons. The van der Waals surface area contributed by atoms with Crippen molar-refractivity contribution in [3.63, 3.8) is 0 Å². The predicted octanol–water partition coefficient (Wildman–Crippen LogP) is 5.18. The number of rotatable bonds is 9. The molecule has 0 unspecified atom stereocenters. The van der Waals surface area contributed by atoms with Crippen molar-refractivity contribution >= 4 is 45.7 Å². The van der Waals surface area contributed by atoms with E-state index in [0.29, 0.717) is 36.6 Å². The number of fused-ring (bicyclic) bond motifs is 1. The molecule has 0 spiro atoms. The van der Waals surface area contributed by atoms with Gasteiger partial charge in [-0.3, -0.25) is 14.3 Å². The number of nitrogens with zero attached hydrogens (tertiary/aromatic N) is 5. The average molecular weight is 584 g/mol. The lowest BCUT2D eigenvalue weighted by Gasteiger charge is -2.45. The first-order valence-corrected chi connectivity index (χ1v) is 14.8. The van der Waals surface area contributed by atoms with Crippen molar-refractivity contribution < 1.29 is 14.3 Å². The third-order valence-electron chi connectivity index (χ3n) is 8.20. The summed E-state index contributed by atoms with van der Waals surface area (Å²) in [6.45, 7) is 10.8. The van der Waals surface area contributed by atoms with Gasteiger partial charge in [0.25, 0.3) is 5.91 Å². The third-order valence-corrected chi connectivity index (χ3v) is 8.20. The highest BCUT2D eigenvalue weighted by atomic mass is 16.5. The van der Waals surface area contributed by atoms with Crippen LogP contribution in [0.2, 0.25) is 0 Å². The number of anilines is 4. The zero-order valence-electron chi connectivity index (χ0n) is 25.6. The van der Waals surface area contributed by atoms with Crippen molar-refractivity contribution in [3.8, 4) is 0 Å². The minimum Gasteiger partial charge on any atom is -0.383 e. The summed E-state index contributed by atoms with van der Waals surface area (Å²) in [5, 5.41) is 6.56. The third kappa shape index (κ3) is 6.50. The maximum atomic E-state index is 13.2. The molecule has 2 N–H and O–H groups in total. The van der Waals surface area contributed by atoms with Gasteiger partial charge in [-0.25, -0.2) is 9.78 Å². The number of methoxy groups -OCH3 is 1. The SMILES string of the molecule is CCN1[C@H](C)CN(c2ccc(C(=O)Nc3cc(N(CCOC)c4ccc5c(ccn5C(=O)NC)c4)ccn3)cc2)C[C@@H]1C. The number of pyridine rings is 1. The quantitative estimate of drug-likeness (QED) is 0.280. The number of amides is 2. The molecule has 2 amide bonds. The van der Waals surface area contributed by atoms with E-state index >= 15 is 0 Å². The van der Waals surface area contributed by atoms with Gasteiger partial charge in [-0.1, -0.05) is 6.92 Å². The number of benzene rings is 2. The van der Waals surface area contributed by atoms with Gasteiger partial charge in [0.15, 0.2) is 0 Å². The minimum atomic E-state index is -0.214. The summed E-state index contributed by atoms with van der Waals surface area (Å²) in [5.74, 6) is 0.244. The Bertz CT molecular complexity index is 1560. The normalized spacial score (nSPS) is 17.2. The molecule has 4 aromatic rings. The number of carbonyl (C=O) groups is 2. The van der Waals surface area contributed by atoms with Crippen LogP contribution < -0.4 is 20.4 Å². The maximum absolute atomic E-state index is 13.2. The van der Waals surface area contributed by atoms with Crippen LogP contribution in [-0.2, 0) is 4.74 Å². The van der Waals surface area contributed by atoms with E-state index < -0.39 is 0 Å². The molecule has 10 heteroatoms. The maximum Gasteiger partial charge on any atom is 0.325 e. The van der Waals surface area contributed by atoms with E-state index in [9.17, 15) is 9.59 Å². The number of carbonyl (C=O) groups excluding carboxylic acids is 2. The van der Waals surface area contributed by atoms with Crippen molar-refractivity contribution in [1.82, 2.24) is 19.8 Å². The smallest absolute Gasteiger partial charge is 0.325 e. The number of hydrogen-bond acceptors (Lipinski definition) is 7. The van der Waals surface area contributed by atoms with Gasteiger partial charge in [0.05, 0.1) is 12.1 Å². The van der Waals surface area contributed by atoms with Crippen LogP contribution >= 0.6 is 0 Å². The molecular formula is C33H41N7O3. The number of aromatic nitrogens is 2. The molecule has 5 rings (SSSR count). The fourth-order valence-corrected chi connectivity index (χ4v) is 6.04. The highest BCUT2D eigenvalue weighted by Gasteiger charge is 2.28. The highest BCUT2D eigenvalue weighted by Crippen LogP contribution is 2.30. The molecule has 2 aromatic carbocycles. The van der Waals surface area contributed by atoms with Crippen LogP contribution in [0.15, 0.2) is 73.1 Å². The van der Waals surface area contributed by atoms with Crippen LogP contribution in [0.4, 0.5) is 27.7 Å². The topological polar surface area (TPSA) is 95.0 Å². The highest BCUT2D eigenvalue weighted by molar-refractivity contribution is 6.04. The summed E-state index contributed by atoms with van der Waals surface area (Å²) in [4.78, 5) is 36.9. The first-order valence-electron chi connectivity index (χ1n) is 14.8. The van der Waals surface area contributed by atoms with Gasteiger partial charge in [0, 0.05) is 92.3 Å². The lowest BCUT2D eigenvalue weighted by Crippen LogP contribution is -2.56. The Morgan fingerprint density at radius 2 is 1.72 bits per heavy atom. The van der Waals surface area contributed by atoms with Crippen LogP contribution in [0.25, 0.3) is 10.9 Å². The van der Waals surface area contributed by atoms with Crippen molar-refractivity contribution in [2.45, 2.75) is 32.9 Å². The zero-order valence-corrected chi connectivity index (χ0v) is 25.6. The van der Waals surface area contributed by atoms with E-state index in [1.165, 1.54) is 0 Å². The van der Waals surface area contributed by atoms with Gasteiger partial charge in [0.2, 0.25) is 0 Å². The van der Waals surface area contributed by atoms with Crippen molar-refractivity contribution in [2.75, 3.05) is 62.1 Å². The van der Waals surface area contributed by atoms with Crippen LogP contribution in [0.3, 0.4) is 0 Å². The first kappa shape index (κ1) is 30.1. The predicted molar refractivity (Wildman–Crippen MR) is 173 cm³/mol. The first-order chi connectivity index (χ1) is 20.8. The van der Waals surface area contributed by atoms with Crippen LogP contribution in [-0.4, -0.2) is 85.4 Å². The summed E-state index contributed by atoms with van der Waals surface area (Å²) >= 11 is 0. The minimum absolute atomic E-state index is 0.192. The largest absolute Gasteiger partial charge is 0.383 e. The lowest BCUT2D eigenvalue weighted by molar-refractivity contribution is 0.102. The second-order valence-corrected chi connectivity index (χ2v) is 11.0. The number of ether oxygens (including phenoxy) is 1. The van der Waals surface area contributed by atoms with Gasteiger partial charge >= 0.3 is 6.03 Å². The van der Waals surface area contributed by atoms with E-state index in [2.05, 4.69) is 51.1 Å². The van der Waals surface area contributed by atoms with Crippen LogP contribution in [0, 0.1) is 0 Å². The Labute approximate surface area is 253 Å². The van der Waals surface area contributed by atoms with Gasteiger partial charge in [-0.2, -0.15) is 0 Å². The Morgan fingerprint density at radius 3 is 2.40 bits per heavy atom. The zero-order chi connectivity index (χ0) is 30.5. The number of hydrogen-bond donors (Lipinski definition) is 2. The second-order valence-electron chi connectivity index (χ2n) is 11.0. The molecule has 10 nitrogen and oxygen atoms in total. The van der Waals surface area contributed by atoms with E-state index in [1.807, 2.05) is 60.7 Å². The van der Waals surface area contributed by atoms with Crippen LogP contribution in [0.5, 0.6) is 0 Å². The molecule has 3 heterocycles. The Morgan fingerprint density at radius 1 is 1.00 bits per heavy atom. The van der Waals surface area contributed by atoms with E-state index in [0.717, 1.165) is 47.6 Å². The number of piperazine rings is 1. The summed E-state index contributed by atoms with van der Waals surface area (Å²) in [6, 6.07) is 20.2. The summed E-state index contributed by atoms with van der Waals surface area (Å²) < 4.78 is 6.97. The Kier molecular flexibility index (Phi) is 9.27. The summed E-state index contributed by atoms with van der Waals surface area (Å²) in [6.07, 6.45) is 3.44. The Hall–Kier alpha value is -4.41.